The number of pyridine rings is 6. The molecule has 0 amide bonds. The van der Waals surface area contributed by atoms with Gasteiger partial charge in [0.15, 0.2) is 0 Å². The Morgan fingerprint density at radius 1 is 0.435 bits per heavy atom. The summed E-state index contributed by atoms with van der Waals surface area (Å²) in [6, 6.07) is 34.9. The van der Waals surface area contributed by atoms with Crippen molar-refractivity contribution >= 4 is 0 Å². The summed E-state index contributed by atoms with van der Waals surface area (Å²) < 4.78 is 0. The highest BCUT2D eigenvalue weighted by atomic mass is 16.3. The van der Waals surface area contributed by atoms with Crippen LogP contribution in [0.25, 0.3) is 0 Å². The number of hydrogen-bond acceptors (Lipinski definition) is 9. The molecule has 0 unspecified atom stereocenters. The van der Waals surface area contributed by atoms with Crippen LogP contribution in [0.5, 0.6) is 0 Å². The van der Waals surface area contributed by atoms with Crippen molar-refractivity contribution in [2.24, 2.45) is 0 Å². The molecule has 0 saturated heterocycles. The van der Waals surface area contributed by atoms with Gasteiger partial charge in [-0.05, 0) is 72.8 Å². The van der Waals surface area contributed by atoms with E-state index in [-0.39, 0.29) is 12.8 Å². The smallest absolute Gasteiger partial charge is 0.106 e. The third kappa shape index (κ3) is 7.02. The number of aliphatic hydroxyl groups excluding tert-OH is 1. The van der Waals surface area contributed by atoms with Crippen LogP contribution in [-0.2, 0) is 24.2 Å². The van der Waals surface area contributed by atoms with Crippen molar-refractivity contribution in [1.29, 1.82) is 0 Å². The first-order valence-electron chi connectivity index (χ1n) is 15.3. The van der Waals surface area contributed by atoms with E-state index < -0.39 is 17.2 Å². The fraction of sp³-hybridized carbons (Fsp3) is 0.189. The Bertz CT molecular complexity index is 1540. The van der Waals surface area contributed by atoms with E-state index >= 15 is 0 Å². The van der Waals surface area contributed by atoms with Gasteiger partial charge in [0.05, 0.1) is 40.3 Å². The number of aliphatic hydroxyl groups is 1. The summed E-state index contributed by atoms with van der Waals surface area (Å²) in [5, 5.41) is 19.8. The lowest BCUT2D eigenvalue weighted by Crippen LogP contribution is -2.51. The maximum atomic E-state index is 12.3. The van der Waals surface area contributed by atoms with Gasteiger partial charge < -0.3 is 5.11 Å². The van der Waals surface area contributed by atoms with Crippen LogP contribution >= 0.6 is 0 Å². The van der Waals surface area contributed by atoms with Crippen LogP contribution in [0.4, 0.5) is 0 Å². The van der Waals surface area contributed by atoms with E-state index in [4.69, 9.17) is 19.9 Å². The van der Waals surface area contributed by atoms with Gasteiger partial charge in [0.1, 0.15) is 11.1 Å². The molecule has 0 aliphatic carbocycles. The first-order chi connectivity index (χ1) is 22.7. The standard InChI is InChI=1S/C37H36N8O/c46-31(25-36(32-15-3-9-21-40-32,33-16-4-10-22-41-33)44-27-29-13-1-7-19-38-29)26-37(34-17-5-11-23-42-34,35-18-6-12-24-43-35)45-28-30-14-2-8-20-39-30/h1-24,31,44-46H,25-28H2. The second-order valence-electron chi connectivity index (χ2n) is 11.1. The molecule has 0 radical (unpaired) electrons. The fourth-order valence-electron chi connectivity index (χ4n) is 5.92. The van der Waals surface area contributed by atoms with E-state index in [0.717, 1.165) is 34.2 Å². The van der Waals surface area contributed by atoms with Crippen molar-refractivity contribution in [1.82, 2.24) is 40.5 Å². The van der Waals surface area contributed by atoms with Crippen molar-refractivity contribution in [3.8, 4) is 0 Å². The lowest BCUT2D eigenvalue weighted by Gasteiger charge is -2.40. The lowest BCUT2D eigenvalue weighted by molar-refractivity contribution is 0.0883. The van der Waals surface area contributed by atoms with Gasteiger partial charge in [-0.25, -0.2) is 0 Å². The molecule has 0 saturated carbocycles. The van der Waals surface area contributed by atoms with E-state index in [2.05, 4.69) is 20.6 Å². The van der Waals surface area contributed by atoms with E-state index in [1.165, 1.54) is 0 Å². The fourth-order valence-corrected chi connectivity index (χ4v) is 5.92. The molecular formula is C37H36N8O. The normalized spacial score (nSPS) is 11.9. The second-order valence-corrected chi connectivity index (χ2v) is 11.1. The highest BCUT2D eigenvalue weighted by molar-refractivity contribution is 5.34. The maximum absolute atomic E-state index is 12.3. The van der Waals surface area contributed by atoms with Gasteiger partial charge in [-0.2, -0.15) is 0 Å². The molecular weight excluding hydrogens is 572 g/mol. The summed E-state index contributed by atoms with van der Waals surface area (Å²) >= 11 is 0. The van der Waals surface area contributed by atoms with Crippen LogP contribution in [0, 0.1) is 0 Å². The molecule has 6 aromatic heterocycles. The third-order valence-electron chi connectivity index (χ3n) is 8.09. The quantitative estimate of drug-likeness (QED) is 0.157. The van der Waals surface area contributed by atoms with Gasteiger partial charge in [0.2, 0.25) is 0 Å². The van der Waals surface area contributed by atoms with Gasteiger partial charge in [-0.15, -0.1) is 0 Å². The molecule has 6 heterocycles. The van der Waals surface area contributed by atoms with Crippen molar-refractivity contribution in [2.75, 3.05) is 0 Å². The van der Waals surface area contributed by atoms with Crippen molar-refractivity contribution in [3.05, 3.63) is 181 Å². The number of nitrogens with one attached hydrogen (secondary N) is 2. The molecule has 0 atom stereocenters. The summed E-state index contributed by atoms with van der Waals surface area (Å²) in [7, 11) is 0. The van der Waals surface area contributed by atoms with Crippen LogP contribution in [-0.4, -0.2) is 41.1 Å². The van der Waals surface area contributed by atoms with E-state index in [0.29, 0.717) is 13.1 Å². The number of rotatable bonds is 14. The molecule has 0 aliphatic rings. The highest BCUT2D eigenvalue weighted by Gasteiger charge is 2.44. The molecule has 0 aliphatic heterocycles. The lowest BCUT2D eigenvalue weighted by atomic mass is 9.78. The van der Waals surface area contributed by atoms with Crippen molar-refractivity contribution < 1.29 is 5.11 Å². The molecule has 9 heteroatoms. The molecule has 46 heavy (non-hydrogen) atoms. The first kappa shape index (κ1) is 30.8. The van der Waals surface area contributed by atoms with Gasteiger partial charge in [-0.1, -0.05) is 36.4 Å². The van der Waals surface area contributed by atoms with Crippen LogP contribution in [0.15, 0.2) is 146 Å². The zero-order valence-corrected chi connectivity index (χ0v) is 25.4. The Labute approximate surface area is 268 Å². The van der Waals surface area contributed by atoms with Gasteiger partial charge >= 0.3 is 0 Å². The summed E-state index contributed by atoms with van der Waals surface area (Å²) in [5.41, 5.74) is 2.78. The topological polar surface area (TPSA) is 122 Å². The highest BCUT2D eigenvalue weighted by Crippen LogP contribution is 2.38. The largest absolute Gasteiger partial charge is 0.393 e. The Balaban J connectivity index is 1.43. The average Bonchev–Trinajstić information content (AvgIpc) is 3.14. The Hall–Kier alpha value is -5.22. The first-order valence-corrected chi connectivity index (χ1v) is 15.3. The van der Waals surface area contributed by atoms with Crippen LogP contribution in [0.2, 0.25) is 0 Å². The second kappa shape index (κ2) is 14.7. The number of aromatic nitrogens is 6. The molecule has 0 bridgehead atoms. The average molecular weight is 609 g/mol. The van der Waals surface area contributed by atoms with E-state index in [1.807, 2.05) is 109 Å². The molecule has 0 fully saturated rings. The maximum Gasteiger partial charge on any atom is 0.106 e. The van der Waals surface area contributed by atoms with Crippen LogP contribution < -0.4 is 10.6 Å². The minimum Gasteiger partial charge on any atom is -0.393 e. The number of hydrogen-bond donors (Lipinski definition) is 3. The van der Waals surface area contributed by atoms with E-state index in [1.54, 1.807) is 37.2 Å². The molecule has 0 spiro atoms. The predicted octanol–water partition coefficient (Wildman–Crippen LogP) is 4.96. The Kier molecular flexibility index (Phi) is 9.84. The van der Waals surface area contributed by atoms with Crippen LogP contribution in [0.1, 0.15) is 47.0 Å². The predicted molar refractivity (Wildman–Crippen MR) is 176 cm³/mol. The summed E-state index contributed by atoms with van der Waals surface area (Å²) in [5.74, 6) is 0. The SMILES string of the molecule is OC(CC(NCc1ccccn1)(c1ccccn1)c1ccccn1)CC(NCc1ccccn1)(c1ccccn1)c1ccccn1. The molecule has 0 aromatic carbocycles. The summed E-state index contributed by atoms with van der Waals surface area (Å²) in [6.45, 7) is 0.870. The zero-order chi connectivity index (χ0) is 31.5. The van der Waals surface area contributed by atoms with Gasteiger partial charge in [0, 0.05) is 63.1 Å². The van der Waals surface area contributed by atoms with Crippen molar-refractivity contribution in [2.45, 2.75) is 43.1 Å². The zero-order valence-electron chi connectivity index (χ0n) is 25.4. The molecule has 6 rings (SSSR count). The Morgan fingerprint density at radius 2 is 0.739 bits per heavy atom. The number of nitrogens with zero attached hydrogens (tertiary/aromatic N) is 6. The van der Waals surface area contributed by atoms with Gasteiger partial charge in [0.25, 0.3) is 0 Å². The van der Waals surface area contributed by atoms with Gasteiger partial charge in [-0.3, -0.25) is 40.5 Å². The molecule has 6 aromatic rings. The monoisotopic (exact) mass is 608 g/mol. The summed E-state index contributed by atoms with van der Waals surface area (Å²) in [4.78, 5) is 28.3. The Morgan fingerprint density at radius 3 is 1.00 bits per heavy atom. The minimum absolute atomic E-state index is 0.251. The third-order valence-corrected chi connectivity index (χ3v) is 8.09. The molecule has 230 valence electrons. The summed E-state index contributed by atoms with van der Waals surface area (Å²) in [6.07, 6.45) is 10.2. The minimum atomic E-state index is -0.958. The molecule has 3 N–H and O–H groups in total. The van der Waals surface area contributed by atoms with E-state index in [9.17, 15) is 5.11 Å². The van der Waals surface area contributed by atoms with Crippen LogP contribution in [0.3, 0.4) is 0 Å². The van der Waals surface area contributed by atoms with Crippen molar-refractivity contribution in [3.63, 3.8) is 0 Å². The molecule has 9 nitrogen and oxygen atoms in total.